The first-order valence-electron chi connectivity index (χ1n) is 6.47. The molecule has 1 heterocycles. The third-order valence-corrected chi connectivity index (χ3v) is 2.84. The van der Waals surface area contributed by atoms with Gasteiger partial charge in [-0.1, -0.05) is 0 Å². The number of nitrogens with one attached hydrogen (secondary N) is 4. The minimum Gasteiger partial charge on any atom is -0.352 e. The molecule has 1 aliphatic heterocycles. The highest BCUT2D eigenvalue weighted by Crippen LogP contribution is 1.94. The molecule has 0 saturated carbocycles. The quantitative estimate of drug-likeness (QED) is 0.518. The number of hydrogen-bond acceptors (Lipinski definition) is 4. The third-order valence-electron chi connectivity index (χ3n) is 2.84. The van der Waals surface area contributed by atoms with Crippen molar-refractivity contribution in [1.82, 2.24) is 21.3 Å². The summed E-state index contributed by atoms with van der Waals surface area (Å²) in [5, 5.41) is 11.9. The van der Waals surface area contributed by atoms with Gasteiger partial charge >= 0.3 is 0 Å². The fourth-order valence-electron chi connectivity index (χ4n) is 1.76. The van der Waals surface area contributed by atoms with Crippen molar-refractivity contribution in [2.75, 3.05) is 13.1 Å². The fraction of sp³-hybridized carbons (Fsp3) is 0.833. The van der Waals surface area contributed by atoms with Gasteiger partial charge < -0.3 is 21.3 Å². The average Bonchev–Trinajstić information content (AvgIpc) is 2.28. The molecule has 4 N–H and O–H groups in total. The van der Waals surface area contributed by atoms with E-state index in [9.17, 15) is 9.59 Å². The van der Waals surface area contributed by atoms with E-state index in [0.717, 1.165) is 6.54 Å². The van der Waals surface area contributed by atoms with Crippen LogP contribution in [0.1, 0.15) is 27.7 Å². The molecule has 18 heavy (non-hydrogen) atoms. The molecule has 3 unspecified atom stereocenters. The van der Waals surface area contributed by atoms with E-state index in [4.69, 9.17) is 0 Å². The van der Waals surface area contributed by atoms with Crippen LogP contribution in [0.4, 0.5) is 0 Å². The highest BCUT2D eigenvalue weighted by atomic mass is 16.2. The second-order valence-corrected chi connectivity index (χ2v) is 5.16. The smallest absolute Gasteiger partial charge is 0.242 e. The molecule has 2 amide bonds. The van der Waals surface area contributed by atoms with Crippen molar-refractivity contribution >= 4 is 11.8 Å². The Bertz CT molecular complexity index is 298. The van der Waals surface area contributed by atoms with E-state index in [2.05, 4.69) is 28.2 Å². The van der Waals surface area contributed by atoms with E-state index < -0.39 is 6.04 Å². The first kappa shape index (κ1) is 14.9. The molecule has 1 fully saturated rings. The van der Waals surface area contributed by atoms with Gasteiger partial charge in [0.25, 0.3) is 0 Å². The highest BCUT2D eigenvalue weighted by molar-refractivity contribution is 5.89. The average molecular weight is 256 g/mol. The fourth-order valence-corrected chi connectivity index (χ4v) is 1.76. The summed E-state index contributed by atoms with van der Waals surface area (Å²) in [4.78, 5) is 23.6. The lowest BCUT2D eigenvalue weighted by Gasteiger charge is -2.29. The number of carbonyl (C=O) groups is 2. The Kier molecular flexibility index (Phi) is 5.55. The molecule has 104 valence electrons. The summed E-state index contributed by atoms with van der Waals surface area (Å²) in [6.07, 6.45) is 0. The maximum Gasteiger partial charge on any atom is 0.242 e. The van der Waals surface area contributed by atoms with Gasteiger partial charge in [-0.05, 0) is 27.7 Å². The van der Waals surface area contributed by atoms with Crippen LogP contribution < -0.4 is 21.3 Å². The van der Waals surface area contributed by atoms with Crippen molar-refractivity contribution in [2.45, 2.75) is 51.9 Å². The minimum absolute atomic E-state index is 0.0761. The number of piperazine rings is 1. The van der Waals surface area contributed by atoms with Crippen LogP contribution in [0.5, 0.6) is 0 Å². The van der Waals surface area contributed by atoms with Gasteiger partial charge in [-0.2, -0.15) is 0 Å². The molecular formula is C12H24N4O2. The Balaban J connectivity index is 2.37. The molecular weight excluding hydrogens is 232 g/mol. The van der Waals surface area contributed by atoms with Crippen LogP contribution in [-0.2, 0) is 9.59 Å². The Labute approximate surface area is 108 Å². The third kappa shape index (κ3) is 4.62. The highest BCUT2D eigenvalue weighted by Gasteiger charge is 2.25. The van der Waals surface area contributed by atoms with Gasteiger partial charge in [0.15, 0.2) is 0 Å². The Morgan fingerprint density at radius 2 is 1.78 bits per heavy atom. The lowest BCUT2D eigenvalue weighted by molar-refractivity contribution is -0.130. The van der Waals surface area contributed by atoms with Gasteiger partial charge in [0.2, 0.25) is 11.8 Å². The number of hydrogen-bond donors (Lipinski definition) is 4. The molecule has 1 saturated heterocycles. The van der Waals surface area contributed by atoms with E-state index in [-0.39, 0.29) is 23.9 Å². The Hall–Kier alpha value is -1.14. The minimum atomic E-state index is -0.513. The van der Waals surface area contributed by atoms with Crippen molar-refractivity contribution in [3.63, 3.8) is 0 Å². The molecule has 0 bridgehead atoms. The van der Waals surface area contributed by atoms with Crippen molar-refractivity contribution in [1.29, 1.82) is 0 Å². The summed E-state index contributed by atoms with van der Waals surface area (Å²) in [6.45, 7) is 8.87. The molecule has 0 aromatic rings. The van der Waals surface area contributed by atoms with Gasteiger partial charge in [-0.3, -0.25) is 9.59 Å². The predicted molar refractivity (Wildman–Crippen MR) is 70.1 cm³/mol. The van der Waals surface area contributed by atoms with Gasteiger partial charge in [-0.25, -0.2) is 0 Å². The second kappa shape index (κ2) is 6.70. The van der Waals surface area contributed by atoms with E-state index in [1.165, 1.54) is 0 Å². The zero-order valence-electron chi connectivity index (χ0n) is 11.5. The van der Waals surface area contributed by atoms with Crippen LogP contribution >= 0.6 is 0 Å². The Morgan fingerprint density at radius 1 is 1.11 bits per heavy atom. The van der Waals surface area contributed by atoms with Crippen molar-refractivity contribution in [2.24, 2.45) is 0 Å². The van der Waals surface area contributed by atoms with Gasteiger partial charge in [0, 0.05) is 25.2 Å². The monoisotopic (exact) mass is 256 g/mol. The van der Waals surface area contributed by atoms with Crippen LogP contribution in [0.25, 0.3) is 0 Å². The molecule has 0 aromatic heterocycles. The zero-order valence-corrected chi connectivity index (χ0v) is 11.5. The molecule has 3 atom stereocenters. The summed E-state index contributed by atoms with van der Waals surface area (Å²) < 4.78 is 0. The van der Waals surface area contributed by atoms with E-state index in [1.54, 1.807) is 6.92 Å². The van der Waals surface area contributed by atoms with Crippen LogP contribution in [-0.4, -0.2) is 49.1 Å². The standard InChI is InChI=1S/C12H24N4O2/c1-7(2)15-11(17)9(4)16-12(18)10-6-13-8(3)5-14-10/h7-10,13-14H,5-6H2,1-4H3,(H,15,17)(H,16,18). The summed E-state index contributed by atoms with van der Waals surface area (Å²) in [7, 11) is 0. The molecule has 0 aromatic carbocycles. The molecule has 1 rings (SSSR count). The van der Waals surface area contributed by atoms with Crippen LogP contribution in [0, 0.1) is 0 Å². The topological polar surface area (TPSA) is 82.3 Å². The lowest BCUT2D eigenvalue weighted by Crippen LogP contribution is -2.60. The lowest BCUT2D eigenvalue weighted by atomic mass is 10.1. The zero-order chi connectivity index (χ0) is 13.7. The van der Waals surface area contributed by atoms with Gasteiger partial charge in [0.05, 0.1) is 6.04 Å². The largest absolute Gasteiger partial charge is 0.352 e. The summed E-state index contributed by atoms with van der Waals surface area (Å²) in [6, 6.07) is -0.334. The molecule has 0 aliphatic carbocycles. The van der Waals surface area contributed by atoms with E-state index in [0.29, 0.717) is 12.6 Å². The first-order chi connectivity index (χ1) is 8.40. The van der Waals surface area contributed by atoms with Crippen LogP contribution in [0.3, 0.4) is 0 Å². The van der Waals surface area contributed by atoms with E-state index >= 15 is 0 Å². The Morgan fingerprint density at radius 3 is 2.28 bits per heavy atom. The van der Waals surface area contributed by atoms with Gasteiger partial charge in [-0.15, -0.1) is 0 Å². The second-order valence-electron chi connectivity index (χ2n) is 5.16. The molecule has 0 spiro atoms. The van der Waals surface area contributed by atoms with E-state index in [1.807, 2.05) is 13.8 Å². The van der Waals surface area contributed by atoms with Crippen LogP contribution in [0.15, 0.2) is 0 Å². The summed E-state index contributed by atoms with van der Waals surface area (Å²) in [5.41, 5.74) is 0. The summed E-state index contributed by atoms with van der Waals surface area (Å²) in [5.74, 6) is -0.295. The first-order valence-corrected chi connectivity index (χ1v) is 6.47. The van der Waals surface area contributed by atoms with Crippen molar-refractivity contribution in [3.8, 4) is 0 Å². The van der Waals surface area contributed by atoms with Gasteiger partial charge in [0.1, 0.15) is 6.04 Å². The maximum absolute atomic E-state index is 11.9. The number of carbonyl (C=O) groups excluding carboxylic acids is 2. The normalized spacial score (nSPS) is 25.6. The maximum atomic E-state index is 11.9. The van der Waals surface area contributed by atoms with Crippen molar-refractivity contribution in [3.05, 3.63) is 0 Å². The SMILES string of the molecule is CC(C)NC(=O)C(C)NC(=O)C1CNC(C)CN1. The molecule has 6 heteroatoms. The number of amides is 2. The summed E-state index contributed by atoms with van der Waals surface area (Å²) >= 11 is 0. The van der Waals surface area contributed by atoms with Crippen molar-refractivity contribution < 1.29 is 9.59 Å². The molecule has 1 aliphatic rings. The molecule has 0 radical (unpaired) electrons. The van der Waals surface area contributed by atoms with Crippen LogP contribution in [0.2, 0.25) is 0 Å². The molecule has 6 nitrogen and oxygen atoms in total. The predicted octanol–water partition coefficient (Wildman–Crippen LogP) is -1.03. The number of rotatable bonds is 4.